The van der Waals surface area contributed by atoms with Gasteiger partial charge in [-0.05, 0) is 36.8 Å². The molecule has 3 rings (SSSR count). The number of nitrogens with one attached hydrogen (secondary N) is 2. The molecule has 6 nitrogen and oxygen atoms in total. The highest BCUT2D eigenvalue weighted by atomic mass is 32.1. The monoisotopic (exact) mass is 401 g/mol. The molecule has 0 fully saturated rings. The molecule has 0 radical (unpaired) electrons. The largest absolute Gasteiger partial charge is 0.433 e. The van der Waals surface area contributed by atoms with E-state index in [1.165, 1.54) is 6.07 Å². The van der Waals surface area contributed by atoms with E-state index >= 15 is 0 Å². The third kappa shape index (κ3) is 3.49. The van der Waals surface area contributed by atoms with E-state index in [1.807, 2.05) is 0 Å². The fourth-order valence-electron chi connectivity index (χ4n) is 2.44. The molecule has 0 saturated carbocycles. The van der Waals surface area contributed by atoms with Gasteiger partial charge in [0.05, 0.1) is 4.88 Å². The Labute approximate surface area is 155 Å². The minimum Gasteiger partial charge on any atom is -0.351 e. The molecule has 11 heteroatoms. The second-order valence-electron chi connectivity index (χ2n) is 5.61. The van der Waals surface area contributed by atoms with Crippen LogP contribution in [-0.4, -0.2) is 32.2 Å². The van der Waals surface area contributed by atoms with Crippen LogP contribution in [-0.2, 0) is 19.6 Å². The molecule has 3 aromatic heterocycles. The lowest BCUT2D eigenvalue weighted by Gasteiger charge is -2.04. The Morgan fingerprint density at radius 3 is 2.77 bits per heavy atom. The molecule has 0 aliphatic carbocycles. The topological polar surface area (TPSA) is 75.6 Å². The van der Waals surface area contributed by atoms with Gasteiger partial charge in [-0.15, -0.1) is 11.3 Å². The third-order valence-corrected chi connectivity index (χ3v) is 5.47. The van der Waals surface area contributed by atoms with Crippen molar-refractivity contribution >= 4 is 39.7 Å². The molecule has 138 valence electrons. The minimum atomic E-state index is -4.52. The molecular weight excluding hydrogens is 387 g/mol. The number of hydrogen-bond donors (Lipinski definition) is 2. The summed E-state index contributed by atoms with van der Waals surface area (Å²) in [5.41, 5.74) is -0.356. The van der Waals surface area contributed by atoms with Crippen LogP contribution in [0.4, 0.5) is 13.2 Å². The summed E-state index contributed by atoms with van der Waals surface area (Å²) in [5, 5.41) is 10.0. The number of carbonyl (C=O) groups excluding carboxylic acids is 1. The Morgan fingerprint density at radius 1 is 1.42 bits per heavy atom. The van der Waals surface area contributed by atoms with Crippen LogP contribution in [0.3, 0.4) is 0 Å². The number of amides is 1. The summed E-state index contributed by atoms with van der Waals surface area (Å²) in [6.07, 6.45) is -4.05. The summed E-state index contributed by atoms with van der Waals surface area (Å²) < 4.78 is 40.6. The molecule has 0 unspecified atom stereocenters. The Balaban J connectivity index is 1.76. The van der Waals surface area contributed by atoms with E-state index < -0.39 is 11.9 Å². The van der Waals surface area contributed by atoms with Gasteiger partial charge in [0.2, 0.25) is 0 Å². The van der Waals surface area contributed by atoms with Crippen molar-refractivity contribution in [2.75, 3.05) is 6.54 Å². The van der Waals surface area contributed by atoms with Crippen molar-refractivity contribution in [2.45, 2.75) is 19.5 Å². The van der Waals surface area contributed by atoms with Crippen LogP contribution in [0.2, 0.25) is 0 Å². The number of aryl methyl sites for hydroxylation is 1. The molecule has 26 heavy (non-hydrogen) atoms. The standard InChI is InChI=1S/C15H14F3N5OS2/c1-7-8-3-4-9(15(16,17)18)20-13(8)26-11(7)12(24)19-6-5-10-21-22-14(25)23(10)2/h3-4H,5-6H2,1-2H3,(H,19,24)(H,22,25). The summed E-state index contributed by atoms with van der Waals surface area (Å²) in [5.74, 6) is 0.343. The van der Waals surface area contributed by atoms with Crippen LogP contribution in [0.1, 0.15) is 26.8 Å². The van der Waals surface area contributed by atoms with Crippen LogP contribution in [0, 0.1) is 11.7 Å². The van der Waals surface area contributed by atoms with Crippen molar-refractivity contribution in [2.24, 2.45) is 7.05 Å². The van der Waals surface area contributed by atoms with Crippen molar-refractivity contribution in [3.63, 3.8) is 0 Å². The van der Waals surface area contributed by atoms with Crippen molar-refractivity contribution in [1.82, 2.24) is 25.1 Å². The van der Waals surface area contributed by atoms with Gasteiger partial charge in [0.25, 0.3) is 5.91 Å². The third-order valence-electron chi connectivity index (χ3n) is 3.91. The van der Waals surface area contributed by atoms with Gasteiger partial charge in [-0.25, -0.2) is 4.98 Å². The van der Waals surface area contributed by atoms with Crippen molar-refractivity contribution < 1.29 is 18.0 Å². The van der Waals surface area contributed by atoms with E-state index in [1.54, 1.807) is 18.5 Å². The van der Waals surface area contributed by atoms with Crippen LogP contribution in [0.15, 0.2) is 12.1 Å². The maximum Gasteiger partial charge on any atom is 0.433 e. The second kappa shape index (κ2) is 6.80. The van der Waals surface area contributed by atoms with Crippen LogP contribution in [0.5, 0.6) is 0 Å². The average Bonchev–Trinajstić information content (AvgIpc) is 3.08. The Hall–Kier alpha value is -2.27. The fraction of sp³-hybridized carbons (Fsp3) is 0.333. The van der Waals surface area contributed by atoms with E-state index in [0.29, 0.717) is 39.4 Å². The highest BCUT2D eigenvalue weighted by Crippen LogP contribution is 2.34. The normalized spacial score (nSPS) is 11.9. The van der Waals surface area contributed by atoms with Crippen molar-refractivity contribution in [3.05, 3.63) is 38.9 Å². The molecule has 0 aromatic carbocycles. The minimum absolute atomic E-state index is 0.192. The predicted molar refractivity (Wildman–Crippen MR) is 93.8 cm³/mol. The van der Waals surface area contributed by atoms with Gasteiger partial charge < -0.3 is 9.88 Å². The number of rotatable bonds is 4. The zero-order valence-corrected chi connectivity index (χ0v) is 15.4. The van der Waals surface area contributed by atoms with E-state index in [9.17, 15) is 18.0 Å². The number of thiophene rings is 1. The molecule has 1 amide bonds. The number of carbonyl (C=O) groups is 1. The maximum absolute atomic E-state index is 12.8. The first kappa shape index (κ1) is 18.5. The van der Waals surface area contributed by atoms with Crippen molar-refractivity contribution in [3.8, 4) is 0 Å². The summed E-state index contributed by atoms with van der Waals surface area (Å²) in [6.45, 7) is 2.01. The molecule has 2 N–H and O–H groups in total. The van der Waals surface area contributed by atoms with E-state index in [-0.39, 0.29) is 10.7 Å². The smallest absolute Gasteiger partial charge is 0.351 e. The lowest BCUT2D eigenvalue weighted by molar-refractivity contribution is -0.140. The molecule has 0 aliphatic heterocycles. The SMILES string of the molecule is Cc1c(C(=O)NCCc2n[nH]c(=S)n2C)sc2nc(C(F)(F)F)ccc12. The van der Waals surface area contributed by atoms with E-state index in [2.05, 4.69) is 20.5 Å². The molecule has 0 spiro atoms. The first-order valence-corrected chi connectivity index (χ1v) is 8.76. The van der Waals surface area contributed by atoms with E-state index in [4.69, 9.17) is 12.2 Å². The van der Waals surface area contributed by atoms with Crippen LogP contribution in [0.25, 0.3) is 10.2 Å². The summed E-state index contributed by atoms with van der Waals surface area (Å²) in [7, 11) is 1.77. The van der Waals surface area contributed by atoms with Gasteiger partial charge in [0.15, 0.2) is 4.77 Å². The fourth-order valence-corrected chi connectivity index (χ4v) is 3.69. The highest BCUT2D eigenvalue weighted by molar-refractivity contribution is 7.71. The maximum atomic E-state index is 12.8. The molecule has 0 aliphatic rings. The summed E-state index contributed by atoms with van der Waals surface area (Å²) in [4.78, 5) is 16.6. The van der Waals surface area contributed by atoms with Gasteiger partial charge in [-0.3, -0.25) is 9.89 Å². The lowest BCUT2D eigenvalue weighted by Crippen LogP contribution is -2.26. The van der Waals surface area contributed by atoms with Gasteiger partial charge in [-0.2, -0.15) is 18.3 Å². The Kier molecular flexibility index (Phi) is 4.84. The van der Waals surface area contributed by atoms with Gasteiger partial charge in [0.1, 0.15) is 16.3 Å². The van der Waals surface area contributed by atoms with E-state index in [0.717, 1.165) is 17.4 Å². The second-order valence-corrected chi connectivity index (χ2v) is 7.00. The first-order chi connectivity index (χ1) is 12.2. The number of H-pyrrole nitrogens is 1. The molecule has 0 bridgehead atoms. The van der Waals surface area contributed by atoms with Gasteiger partial charge in [-0.1, -0.05) is 0 Å². The molecule has 0 atom stereocenters. The zero-order valence-electron chi connectivity index (χ0n) is 13.8. The van der Waals surface area contributed by atoms with Crippen LogP contribution < -0.4 is 5.32 Å². The zero-order chi connectivity index (χ0) is 19.1. The Morgan fingerprint density at radius 2 is 2.15 bits per heavy atom. The van der Waals surface area contributed by atoms with Crippen molar-refractivity contribution in [1.29, 1.82) is 0 Å². The first-order valence-electron chi connectivity index (χ1n) is 7.54. The number of aromatic nitrogens is 4. The number of pyridine rings is 1. The lowest BCUT2D eigenvalue weighted by atomic mass is 10.2. The number of alkyl halides is 3. The molecule has 0 saturated heterocycles. The number of aromatic amines is 1. The van der Waals surface area contributed by atoms with Gasteiger partial charge >= 0.3 is 6.18 Å². The van der Waals surface area contributed by atoms with Crippen LogP contribution >= 0.6 is 23.6 Å². The number of hydrogen-bond acceptors (Lipinski definition) is 5. The predicted octanol–water partition coefficient (Wildman–Crippen LogP) is 3.39. The number of halogens is 3. The number of fused-ring (bicyclic) bond motifs is 1. The molecule has 3 heterocycles. The number of nitrogens with zero attached hydrogens (tertiary/aromatic N) is 3. The quantitative estimate of drug-likeness (QED) is 0.657. The average molecular weight is 401 g/mol. The molecule has 3 aromatic rings. The summed E-state index contributed by atoms with van der Waals surface area (Å²) >= 11 is 5.96. The van der Waals surface area contributed by atoms with Gasteiger partial charge in [0, 0.05) is 25.4 Å². The Bertz CT molecular complexity index is 1030. The highest BCUT2D eigenvalue weighted by Gasteiger charge is 2.33. The summed E-state index contributed by atoms with van der Waals surface area (Å²) in [6, 6.07) is 2.27. The molecular formula is C15H14F3N5OS2.